The molecule has 0 N–H and O–H groups in total. The van der Waals surface area contributed by atoms with Gasteiger partial charge in [0.05, 0.1) is 16.4 Å². The van der Waals surface area contributed by atoms with E-state index in [4.69, 9.17) is 18.9 Å². The standard InChI is InChI=1S/C23H22O7S.C3H6/c1-2-13-27-23(26)29-18-15-31-19(14-28-21(24)16-9-5-3-6-10-16)20(18)30-22(25)17-11-7-4-8-12-17;1-3-2/h2-12,18-20H,1,13-15H2;3H,1H2,2H3/t18?,19?,20-;/m1./s1. The normalized spacial score (nSPS) is 18.4. The van der Waals surface area contributed by atoms with Crippen LogP contribution in [0.4, 0.5) is 4.79 Å². The summed E-state index contributed by atoms with van der Waals surface area (Å²) in [7, 11) is 0. The zero-order valence-electron chi connectivity index (χ0n) is 19.0. The van der Waals surface area contributed by atoms with Gasteiger partial charge in [0.25, 0.3) is 0 Å². The minimum absolute atomic E-state index is 0.00524. The Balaban J connectivity index is 0.00000129. The maximum Gasteiger partial charge on any atom is 0.509 e. The molecule has 34 heavy (non-hydrogen) atoms. The van der Waals surface area contributed by atoms with Gasteiger partial charge in [-0.2, -0.15) is 0 Å². The summed E-state index contributed by atoms with van der Waals surface area (Å²) in [6.07, 6.45) is 0.741. The van der Waals surface area contributed by atoms with Crippen LogP contribution >= 0.6 is 11.8 Å². The van der Waals surface area contributed by atoms with E-state index in [1.165, 1.54) is 17.8 Å². The second-order valence-corrected chi connectivity index (χ2v) is 8.26. The molecule has 7 nitrogen and oxygen atoms in total. The maximum absolute atomic E-state index is 12.6. The number of carbonyl (C=O) groups is 3. The Kier molecular flexibility index (Phi) is 11.5. The molecule has 2 aromatic rings. The van der Waals surface area contributed by atoms with Crippen LogP contribution in [0.5, 0.6) is 0 Å². The molecule has 3 atom stereocenters. The molecule has 0 bridgehead atoms. The van der Waals surface area contributed by atoms with Crippen molar-refractivity contribution in [3.05, 3.63) is 97.1 Å². The van der Waals surface area contributed by atoms with Crippen LogP contribution in [0.25, 0.3) is 0 Å². The third-order valence-corrected chi connectivity index (χ3v) is 5.77. The molecule has 0 aliphatic carbocycles. The van der Waals surface area contributed by atoms with Gasteiger partial charge in [-0.15, -0.1) is 18.3 Å². The molecule has 180 valence electrons. The van der Waals surface area contributed by atoms with Crippen LogP contribution in [0, 0.1) is 0 Å². The first-order valence-corrected chi connectivity index (χ1v) is 11.7. The number of esters is 2. The zero-order valence-corrected chi connectivity index (χ0v) is 19.8. The van der Waals surface area contributed by atoms with Gasteiger partial charge >= 0.3 is 18.1 Å². The van der Waals surface area contributed by atoms with Crippen molar-refractivity contribution in [2.45, 2.75) is 24.4 Å². The van der Waals surface area contributed by atoms with Crippen molar-refractivity contribution in [3.8, 4) is 0 Å². The summed E-state index contributed by atoms with van der Waals surface area (Å²) in [6, 6.07) is 17.1. The van der Waals surface area contributed by atoms with Crippen LogP contribution in [0.1, 0.15) is 27.6 Å². The van der Waals surface area contributed by atoms with Gasteiger partial charge in [0, 0.05) is 5.75 Å². The van der Waals surface area contributed by atoms with E-state index in [0.29, 0.717) is 16.9 Å². The molecule has 1 fully saturated rings. The van der Waals surface area contributed by atoms with Crippen LogP contribution < -0.4 is 0 Å². The van der Waals surface area contributed by atoms with Crippen LogP contribution in [0.15, 0.2) is 86.0 Å². The average Bonchev–Trinajstić information content (AvgIpc) is 3.23. The Morgan fingerprint density at radius 2 is 1.47 bits per heavy atom. The largest absolute Gasteiger partial charge is 0.509 e. The number of allylic oxidation sites excluding steroid dienone is 1. The number of rotatable bonds is 8. The van der Waals surface area contributed by atoms with E-state index >= 15 is 0 Å². The van der Waals surface area contributed by atoms with Crippen molar-refractivity contribution in [3.63, 3.8) is 0 Å². The van der Waals surface area contributed by atoms with Crippen LogP contribution in [0.3, 0.4) is 0 Å². The molecule has 1 saturated heterocycles. The lowest BCUT2D eigenvalue weighted by atomic mass is 10.1. The monoisotopic (exact) mass is 484 g/mol. The first kappa shape index (κ1) is 26.7. The van der Waals surface area contributed by atoms with E-state index in [-0.39, 0.29) is 13.2 Å². The highest BCUT2D eigenvalue weighted by molar-refractivity contribution is 8.00. The highest BCUT2D eigenvalue weighted by atomic mass is 32.2. The van der Waals surface area contributed by atoms with Crippen molar-refractivity contribution in [2.75, 3.05) is 19.0 Å². The molecule has 0 amide bonds. The van der Waals surface area contributed by atoms with Crippen molar-refractivity contribution in [2.24, 2.45) is 0 Å². The fraction of sp³-hybridized carbons (Fsp3) is 0.269. The van der Waals surface area contributed by atoms with Gasteiger partial charge in [0.1, 0.15) is 13.2 Å². The molecule has 2 unspecified atom stereocenters. The molecule has 8 heteroatoms. The lowest BCUT2D eigenvalue weighted by molar-refractivity contribution is -0.0366. The smallest absolute Gasteiger partial charge is 0.461 e. The zero-order chi connectivity index (χ0) is 24.8. The summed E-state index contributed by atoms with van der Waals surface area (Å²) in [5, 5.41) is -0.405. The van der Waals surface area contributed by atoms with Gasteiger partial charge in [0.2, 0.25) is 0 Å². The first-order chi connectivity index (χ1) is 16.5. The summed E-state index contributed by atoms with van der Waals surface area (Å²) in [4.78, 5) is 36.7. The van der Waals surface area contributed by atoms with Crippen LogP contribution in [-0.4, -0.2) is 54.5 Å². The highest BCUT2D eigenvalue weighted by Crippen LogP contribution is 2.33. The number of carbonyl (C=O) groups excluding carboxylic acids is 3. The van der Waals surface area contributed by atoms with Gasteiger partial charge in [-0.1, -0.05) is 55.1 Å². The first-order valence-electron chi connectivity index (χ1n) is 10.6. The van der Waals surface area contributed by atoms with E-state index in [9.17, 15) is 14.4 Å². The molecule has 0 saturated carbocycles. The summed E-state index contributed by atoms with van der Waals surface area (Å²) in [5.41, 5.74) is 0.788. The fourth-order valence-corrected chi connectivity index (χ4v) is 4.19. The summed E-state index contributed by atoms with van der Waals surface area (Å²) < 4.78 is 21.3. The minimum Gasteiger partial charge on any atom is -0.461 e. The predicted octanol–water partition coefficient (Wildman–Crippen LogP) is 5.08. The van der Waals surface area contributed by atoms with E-state index in [0.717, 1.165) is 0 Å². The second kappa shape index (κ2) is 14.6. The van der Waals surface area contributed by atoms with Crippen molar-refractivity contribution >= 4 is 29.9 Å². The summed E-state index contributed by atoms with van der Waals surface area (Å²) in [6.45, 7) is 8.72. The minimum atomic E-state index is -0.881. The molecule has 1 aliphatic rings. The maximum atomic E-state index is 12.6. The predicted molar refractivity (Wildman–Crippen MR) is 131 cm³/mol. The molecule has 1 heterocycles. The van der Waals surface area contributed by atoms with Crippen molar-refractivity contribution in [1.29, 1.82) is 0 Å². The van der Waals surface area contributed by atoms with Crippen LogP contribution in [0.2, 0.25) is 0 Å². The Morgan fingerprint density at radius 1 is 0.912 bits per heavy atom. The topological polar surface area (TPSA) is 88.1 Å². The number of thioether (sulfide) groups is 1. The molecule has 1 aliphatic heterocycles. The van der Waals surface area contributed by atoms with E-state index in [1.54, 1.807) is 66.7 Å². The third-order valence-electron chi connectivity index (χ3n) is 4.41. The lowest BCUT2D eigenvalue weighted by Crippen LogP contribution is -2.40. The molecule has 3 rings (SSSR count). The number of benzene rings is 2. The molecular weight excluding hydrogens is 456 g/mol. The molecule has 0 radical (unpaired) electrons. The van der Waals surface area contributed by atoms with Gasteiger partial charge in [-0.05, 0) is 31.2 Å². The van der Waals surface area contributed by atoms with Crippen molar-refractivity contribution in [1.82, 2.24) is 0 Å². The second-order valence-electron chi connectivity index (χ2n) is 6.99. The third kappa shape index (κ3) is 8.44. The van der Waals surface area contributed by atoms with E-state index < -0.39 is 35.6 Å². The Bertz CT molecular complexity index is 946. The summed E-state index contributed by atoms with van der Waals surface area (Å²) in [5.74, 6) is -0.673. The highest BCUT2D eigenvalue weighted by Gasteiger charge is 2.43. The van der Waals surface area contributed by atoms with Crippen molar-refractivity contribution < 1.29 is 33.3 Å². The Labute approximate surface area is 203 Å². The van der Waals surface area contributed by atoms with Gasteiger partial charge in [0.15, 0.2) is 12.2 Å². The molecule has 0 spiro atoms. The van der Waals surface area contributed by atoms with Gasteiger partial charge in [-0.25, -0.2) is 14.4 Å². The van der Waals surface area contributed by atoms with Gasteiger partial charge in [-0.3, -0.25) is 0 Å². The fourth-order valence-electron chi connectivity index (χ4n) is 2.91. The molecule has 0 aromatic heterocycles. The summed E-state index contributed by atoms with van der Waals surface area (Å²) >= 11 is 1.39. The van der Waals surface area contributed by atoms with E-state index in [2.05, 4.69) is 13.2 Å². The van der Waals surface area contributed by atoms with E-state index in [1.807, 2.05) is 6.92 Å². The lowest BCUT2D eigenvalue weighted by Gasteiger charge is -2.23. The molecular formula is C26H28O7S. The number of ether oxygens (including phenoxy) is 4. The Morgan fingerprint density at radius 3 is 2.03 bits per heavy atom. The quantitative estimate of drug-likeness (QED) is 0.291. The van der Waals surface area contributed by atoms with Crippen LogP contribution in [-0.2, 0) is 18.9 Å². The number of hydrogen-bond donors (Lipinski definition) is 0. The number of hydrogen-bond acceptors (Lipinski definition) is 8. The molecule has 2 aromatic carbocycles. The SMILES string of the molecule is C=CC.C=CCOC(=O)OC1CSC(COC(=O)c2ccccc2)[C@@H]1OC(=O)c1ccccc1. The average molecular weight is 485 g/mol. The van der Waals surface area contributed by atoms with Gasteiger partial charge < -0.3 is 18.9 Å². The Hall–Kier alpha value is -3.52.